The van der Waals surface area contributed by atoms with Crippen molar-refractivity contribution >= 4 is 17.5 Å². The van der Waals surface area contributed by atoms with E-state index in [-0.39, 0.29) is 24.6 Å². The maximum Gasteiger partial charge on any atom is 0.262 e. The number of carbonyl (C=O) groups excluding carboxylic acids is 2. The second-order valence-corrected chi connectivity index (χ2v) is 7.96. The Morgan fingerprint density at radius 2 is 1.91 bits per heavy atom. The van der Waals surface area contributed by atoms with Crippen LogP contribution in [0.25, 0.3) is 11.1 Å². The minimum Gasteiger partial charge on any atom is -0.484 e. The quantitative estimate of drug-likeness (QED) is 0.634. The molecular formula is C24H20F2N2O4. The van der Waals surface area contributed by atoms with Crippen LogP contribution in [0.15, 0.2) is 48.7 Å². The molecule has 0 saturated carbocycles. The molecule has 2 N–H and O–H groups in total. The van der Waals surface area contributed by atoms with Crippen molar-refractivity contribution in [2.75, 3.05) is 11.9 Å². The van der Waals surface area contributed by atoms with Crippen LogP contribution >= 0.6 is 0 Å². The topological polar surface area (TPSA) is 88.5 Å². The lowest BCUT2D eigenvalue weighted by Gasteiger charge is -2.33. The molecule has 1 atom stereocenters. The Morgan fingerprint density at radius 3 is 2.53 bits per heavy atom. The maximum absolute atomic E-state index is 13.8. The number of nitrogens with one attached hydrogen (secondary N) is 1. The van der Waals surface area contributed by atoms with Gasteiger partial charge in [0.15, 0.2) is 5.78 Å². The van der Waals surface area contributed by atoms with Gasteiger partial charge in [-0.05, 0) is 61.4 Å². The number of rotatable bonds is 4. The molecule has 0 radical (unpaired) electrons. The highest BCUT2D eigenvalue weighted by atomic mass is 19.1. The van der Waals surface area contributed by atoms with E-state index in [0.29, 0.717) is 16.9 Å². The van der Waals surface area contributed by atoms with Crippen molar-refractivity contribution in [3.63, 3.8) is 0 Å². The van der Waals surface area contributed by atoms with Crippen LogP contribution in [0.3, 0.4) is 0 Å². The lowest BCUT2D eigenvalue weighted by atomic mass is 9.89. The monoisotopic (exact) mass is 438 g/mol. The number of hydrogen-bond donors (Lipinski definition) is 2. The zero-order chi connectivity index (χ0) is 23.0. The van der Waals surface area contributed by atoms with E-state index >= 15 is 0 Å². The molecule has 2 heterocycles. The molecule has 6 nitrogen and oxygen atoms in total. The third-order valence-corrected chi connectivity index (χ3v) is 5.36. The number of pyridine rings is 1. The van der Waals surface area contributed by atoms with Gasteiger partial charge in [-0.1, -0.05) is 6.07 Å². The number of amides is 1. The summed E-state index contributed by atoms with van der Waals surface area (Å²) in [4.78, 5) is 28.9. The molecule has 164 valence electrons. The number of Topliss-reactive ketones (excluding diaryl/α,β-unsaturated/α-hetero) is 1. The van der Waals surface area contributed by atoms with E-state index in [1.54, 1.807) is 25.1 Å². The largest absolute Gasteiger partial charge is 0.484 e. The molecule has 1 aromatic heterocycles. The number of aliphatic hydroxyl groups is 1. The van der Waals surface area contributed by atoms with Gasteiger partial charge in [0.1, 0.15) is 34.4 Å². The number of ether oxygens (including phenoxy) is 1. The van der Waals surface area contributed by atoms with Crippen molar-refractivity contribution in [3.8, 4) is 16.9 Å². The highest BCUT2D eigenvalue weighted by Gasteiger charge is 2.36. The molecule has 1 aliphatic heterocycles. The fourth-order valence-corrected chi connectivity index (χ4v) is 3.65. The van der Waals surface area contributed by atoms with E-state index in [1.165, 1.54) is 18.3 Å². The highest BCUT2D eigenvalue weighted by Crippen LogP contribution is 2.38. The van der Waals surface area contributed by atoms with Gasteiger partial charge < -0.3 is 15.2 Å². The van der Waals surface area contributed by atoms with E-state index in [2.05, 4.69) is 10.3 Å². The summed E-state index contributed by atoms with van der Waals surface area (Å²) in [6, 6.07) is 9.83. The average Bonchev–Trinajstić information content (AvgIpc) is 2.74. The van der Waals surface area contributed by atoms with Crippen molar-refractivity contribution in [3.05, 3.63) is 77.0 Å². The molecule has 0 saturated heterocycles. The number of nitrogens with zero attached hydrogens (tertiary/aromatic N) is 1. The van der Waals surface area contributed by atoms with Crippen molar-refractivity contribution in [2.24, 2.45) is 0 Å². The predicted molar refractivity (Wildman–Crippen MR) is 114 cm³/mol. The van der Waals surface area contributed by atoms with Crippen LogP contribution in [0.4, 0.5) is 14.6 Å². The van der Waals surface area contributed by atoms with E-state index in [0.717, 1.165) is 23.3 Å². The normalized spacial score (nSPS) is 17.5. The van der Waals surface area contributed by atoms with Crippen molar-refractivity contribution < 1.29 is 28.2 Å². The number of aromatic nitrogens is 1. The molecule has 3 aromatic rings. The molecule has 1 amide bonds. The molecule has 0 spiro atoms. The Bertz CT molecular complexity index is 1210. The number of fused-ring (bicyclic) bond motifs is 1. The van der Waals surface area contributed by atoms with Gasteiger partial charge in [-0.15, -0.1) is 0 Å². The first-order valence-electron chi connectivity index (χ1n) is 9.90. The number of aliphatic hydroxyl groups excluding tert-OH is 1. The van der Waals surface area contributed by atoms with Crippen LogP contribution in [0.1, 0.15) is 39.6 Å². The second-order valence-electron chi connectivity index (χ2n) is 7.96. The van der Waals surface area contributed by atoms with Gasteiger partial charge in [0.05, 0.1) is 18.6 Å². The summed E-state index contributed by atoms with van der Waals surface area (Å²) in [7, 11) is 0. The molecule has 1 unspecified atom stereocenters. The van der Waals surface area contributed by atoms with Crippen LogP contribution < -0.4 is 10.1 Å². The molecule has 32 heavy (non-hydrogen) atoms. The molecular weight excluding hydrogens is 418 g/mol. The third-order valence-electron chi connectivity index (χ3n) is 5.36. The fourth-order valence-electron chi connectivity index (χ4n) is 3.65. The minimum absolute atomic E-state index is 0.0911. The number of ketones is 1. The lowest BCUT2D eigenvalue weighted by molar-refractivity contribution is 0.0109. The zero-order valence-corrected chi connectivity index (χ0v) is 17.4. The molecule has 0 fully saturated rings. The average molecular weight is 438 g/mol. The summed E-state index contributed by atoms with van der Waals surface area (Å²) in [5.41, 5.74) is 1.06. The molecule has 2 aromatic carbocycles. The van der Waals surface area contributed by atoms with E-state index < -0.39 is 28.7 Å². The van der Waals surface area contributed by atoms with E-state index in [4.69, 9.17) is 4.74 Å². The fraction of sp³-hybridized carbons (Fsp3) is 0.208. The standard InChI is InChI=1S/C24H20F2N2O4/c1-13-8-16-19(30)10-24(2,12-29)32-20(16)9-15(13)14-6-7-21(27-11-14)28-23(31)22-17(25)4-3-5-18(22)26/h3-9,11,29H,10,12H2,1-2H3,(H,27,28,31). The predicted octanol–water partition coefficient (Wildman–Crippen LogP) is 4.30. The van der Waals surface area contributed by atoms with Crippen molar-refractivity contribution in [1.82, 2.24) is 4.98 Å². The SMILES string of the molecule is Cc1cc2c(cc1-c1ccc(NC(=O)c3c(F)cccc3F)nc1)OC(C)(CO)CC2=O. The summed E-state index contributed by atoms with van der Waals surface area (Å²) in [6.45, 7) is 3.23. The zero-order valence-electron chi connectivity index (χ0n) is 17.4. The van der Waals surface area contributed by atoms with Crippen LogP contribution in [-0.4, -0.2) is 34.0 Å². The van der Waals surface area contributed by atoms with Crippen LogP contribution in [0.2, 0.25) is 0 Å². The van der Waals surface area contributed by atoms with Gasteiger partial charge in [-0.2, -0.15) is 0 Å². The Hall–Kier alpha value is -3.65. The minimum atomic E-state index is -0.981. The summed E-state index contributed by atoms with van der Waals surface area (Å²) in [5, 5.41) is 12.0. The molecule has 1 aliphatic rings. The summed E-state index contributed by atoms with van der Waals surface area (Å²) >= 11 is 0. The first kappa shape index (κ1) is 21.6. The van der Waals surface area contributed by atoms with Gasteiger partial charge in [0, 0.05) is 11.8 Å². The maximum atomic E-state index is 13.8. The Morgan fingerprint density at radius 1 is 1.19 bits per heavy atom. The summed E-state index contributed by atoms with van der Waals surface area (Å²) in [5.74, 6) is -2.47. The van der Waals surface area contributed by atoms with E-state index in [9.17, 15) is 23.5 Å². The highest BCUT2D eigenvalue weighted by molar-refractivity contribution is 6.04. The molecule has 0 bridgehead atoms. The number of aryl methyl sites for hydroxylation is 1. The van der Waals surface area contributed by atoms with Gasteiger partial charge >= 0.3 is 0 Å². The van der Waals surface area contributed by atoms with Gasteiger partial charge in [-0.25, -0.2) is 13.8 Å². The molecule has 0 aliphatic carbocycles. The number of anilines is 1. The lowest BCUT2D eigenvalue weighted by Crippen LogP contribution is -2.42. The van der Waals surface area contributed by atoms with Gasteiger partial charge in [-0.3, -0.25) is 9.59 Å². The number of hydrogen-bond acceptors (Lipinski definition) is 5. The van der Waals surface area contributed by atoms with Crippen LogP contribution in [-0.2, 0) is 0 Å². The second kappa shape index (κ2) is 8.12. The number of halogens is 2. The molecule has 8 heteroatoms. The summed E-state index contributed by atoms with van der Waals surface area (Å²) in [6.07, 6.45) is 1.59. The first-order valence-corrected chi connectivity index (χ1v) is 9.90. The smallest absolute Gasteiger partial charge is 0.262 e. The number of carbonyl (C=O) groups is 2. The first-order chi connectivity index (χ1) is 15.2. The van der Waals surface area contributed by atoms with E-state index in [1.807, 2.05) is 6.92 Å². The van der Waals surface area contributed by atoms with Crippen LogP contribution in [0, 0.1) is 18.6 Å². The van der Waals surface area contributed by atoms with Crippen molar-refractivity contribution in [1.29, 1.82) is 0 Å². The molecule has 4 rings (SSSR count). The van der Waals surface area contributed by atoms with Crippen molar-refractivity contribution in [2.45, 2.75) is 25.9 Å². The Balaban J connectivity index is 1.60. The van der Waals surface area contributed by atoms with Crippen LogP contribution in [0.5, 0.6) is 5.75 Å². The number of benzene rings is 2. The Kier molecular flexibility index (Phi) is 5.48. The van der Waals surface area contributed by atoms with Gasteiger partial charge in [0.25, 0.3) is 5.91 Å². The summed E-state index contributed by atoms with van der Waals surface area (Å²) < 4.78 is 33.5. The third kappa shape index (κ3) is 3.97. The Labute approximate surface area is 182 Å². The van der Waals surface area contributed by atoms with Gasteiger partial charge in [0.2, 0.25) is 0 Å².